The van der Waals surface area contributed by atoms with Crippen molar-refractivity contribution < 1.29 is 14.6 Å². The second-order valence-electron chi connectivity index (χ2n) is 6.69. The number of hydrogen-bond donors (Lipinski definition) is 3. The number of ether oxygens (including phenoxy) is 2. The first kappa shape index (κ1) is 19.4. The van der Waals surface area contributed by atoms with Gasteiger partial charge in [0.2, 0.25) is 5.95 Å². The summed E-state index contributed by atoms with van der Waals surface area (Å²) in [5.74, 6) is 3.01. The van der Waals surface area contributed by atoms with Crippen molar-refractivity contribution in [2.75, 3.05) is 31.9 Å². The first-order valence-electron chi connectivity index (χ1n) is 9.42. The fraction of sp³-hybridized carbons (Fsp3) is 0.182. The van der Waals surface area contributed by atoms with Crippen molar-refractivity contribution in [1.29, 1.82) is 0 Å². The zero-order chi connectivity index (χ0) is 21.1. The molecule has 4 aromatic rings. The fourth-order valence-corrected chi connectivity index (χ4v) is 3.30. The molecule has 30 heavy (non-hydrogen) atoms. The van der Waals surface area contributed by atoms with Crippen LogP contribution in [0.15, 0.2) is 54.7 Å². The van der Waals surface area contributed by atoms with Gasteiger partial charge in [-0.3, -0.25) is 0 Å². The fourth-order valence-electron chi connectivity index (χ4n) is 3.30. The number of hydrogen-bond acceptors (Lipinski definition) is 7. The summed E-state index contributed by atoms with van der Waals surface area (Å²) in [4.78, 5) is 9.09. The third-order valence-corrected chi connectivity index (χ3v) is 4.79. The molecule has 0 saturated heterocycles. The zero-order valence-corrected chi connectivity index (χ0v) is 17.0. The van der Waals surface area contributed by atoms with E-state index in [0.29, 0.717) is 23.9 Å². The third-order valence-electron chi connectivity index (χ3n) is 4.79. The van der Waals surface area contributed by atoms with Gasteiger partial charge in [0.05, 0.1) is 32.5 Å². The Balaban J connectivity index is 1.70. The van der Waals surface area contributed by atoms with Gasteiger partial charge < -0.3 is 29.8 Å². The van der Waals surface area contributed by atoms with E-state index in [9.17, 15) is 5.11 Å². The van der Waals surface area contributed by atoms with Gasteiger partial charge in [-0.15, -0.1) is 0 Å². The van der Waals surface area contributed by atoms with Crippen LogP contribution < -0.4 is 20.1 Å². The van der Waals surface area contributed by atoms with Crippen LogP contribution in [0.5, 0.6) is 17.2 Å². The molecule has 8 nitrogen and oxygen atoms in total. The van der Waals surface area contributed by atoms with E-state index in [1.807, 2.05) is 31.3 Å². The minimum atomic E-state index is 0.218. The van der Waals surface area contributed by atoms with E-state index in [1.54, 1.807) is 44.7 Å². The number of pyridine rings is 1. The number of phenolic OH excluding ortho intramolecular Hbond substituents is 1. The van der Waals surface area contributed by atoms with Crippen molar-refractivity contribution >= 4 is 28.5 Å². The van der Waals surface area contributed by atoms with Gasteiger partial charge in [0.1, 0.15) is 17.1 Å². The lowest BCUT2D eigenvalue weighted by Gasteiger charge is -2.12. The topological polar surface area (TPSA) is 93.5 Å². The van der Waals surface area contributed by atoms with E-state index in [0.717, 1.165) is 28.2 Å². The number of rotatable bonds is 7. The highest BCUT2D eigenvalue weighted by atomic mass is 16.5. The molecule has 0 radical (unpaired) electrons. The van der Waals surface area contributed by atoms with Crippen molar-refractivity contribution in [2.24, 2.45) is 0 Å². The van der Waals surface area contributed by atoms with Crippen LogP contribution in [0.3, 0.4) is 0 Å². The van der Waals surface area contributed by atoms with Gasteiger partial charge in [-0.25, -0.2) is 9.97 Å². The molecule has 8 heteroatoms. The van der Waals surface area contributed by atoms with Gasteiger partial charge in [0.15, 0.2) is 11.5 Å². The summed E-state index contributed by atoms with van der Waals surface area (Å²) >= 11 is 0. The highest BCUT2D eigenvalue weighted by Crippen LogP contribution is 2.30. The Morgan fingerprint density at radius 2 is 1.77 bits per heavy atom. The van der Waals surface area contributed by atoms with Crippen molar-refractivity contribution in [1.82, 2.24) is 14.5 Å². The molecule has 2 aromatic heterocycles. The quantitative estimate of drug-likeness (QED) is 0.400. The van der Waals surface area contributed by atoms with Crippen molar-refractivity contribution in [3.8, 4) is 17.2 Å². The van der Waals surface area contributed by atoms with Crippen molar-refractivity contribution in [3.05, 3.63) is 60.3 Å². The minimum Gasteiger partial charge on any atom is -0.508 e. The molecule has 0 bridgehead atoms. The monoisotopic (exact) mass is 405 g/mol. The van der Waals surface area contributed by atoms with Crippen LogP contribution >= 0.6 is 0 Å². The Morgan fingerprint density at radius 3 is 2.47 bits per heavy atom. The van der Waals surface area contributed by atoms with Gasteiger partial charge >= 0.3 is 0 Å². The second-order valence-corrected chi connectivity index (χ2v) is 6.69. The number of aromatic hydroxyl groups is 1. The average Bonchev–Trinajstić information content (AvgIpc) is 3.12. The highest BCUT2D eigenvalue weighted by molar-refractivity contribution is 5.81. The molecule has 0 aliphatic heterocycles. The molecule has 2 heterocycles. The van der Waals surface area contributed by atoms with Gasteiger partial charge in [-0.1, -0.05) is 6.07 Å². The van der Waals surface area contributed by atoms with Gasteiger partial charge in [0, 0.05) is 18.8 Å². The van der Waals surface area contributed by atoms with E-state index >= 15 is 0 Å². The number of phenols is 1. The van der Waals surface area contributed by atoms with Crippen LogP contribution in [-0.2, 0) is 6.54 Å². The molecule has 0 aliphatic carbocycles. The maximum Gasteiger partial charge on any atom is 0.203 e. The molecule has 0 atom stereocenters. The first-order chi connectivity index (χ1) is 14.6. The Bertz CT molecular complexity index is 1170. The molecule has 0 spiro atoms. The number of methoxy groups -OCH3 is 2. The van der Waals surface area contributed by atoms with Crippen LogP contribution in [0.4, 0.5) is 17.5 Å². The zero-order valence-electron chi connectivity index (χ0n) is 17.0. The van der Waals surface area contributed by atoms with E-state index in [2.05, 4.69) is 25.2 Å². The highest BCUT2D eigenvalue weighted by Gasteiger charge is 2.13. The molecule has 2 aromatic carbocycles. The van der Waals surface area contributed by atoms with Crippen LogP contribution in [-0.4, -0.2) is 40.9 Å². The number of nitrogens with one attached hydrogen (secondary N) is 2. The van der Waals surface area contributed by atoms with Crippen LogP contribution in [0.25, 0.3) is 11.0 Å². The number of anilines is 3. The smallest absolute Gasteiger partial charge is 0.203 e. The molecular weight excluding hydrogens is 382 g/mol. The molecule has 3 N–H and O–H groups in total. The maximum atomic E-state index is 9.46. The average molecular weight is 405 g/mol. The van der Waals surface area contributed by atoms with Gasteiger partial charge in [0.25, 0.3) is 0 Å². The number of aromatic nitrogens is 3. The van der Waals surface area contributed by atoms with E-state index in [-0.39, 0.29) is 5.75 Å². The number of imidazole rings is 1. The molecule has 154 valence electrons. The Hall–Kier alpha value is -3.94. The summed E-state index contributed by atoms with van der Waals surface area (Å²) in [6, 6.07) is 14.7. The lowest BCUT2D eigenvalue weighted by atomic mass is 10.2. The van der Waals surface area contributed by atoms with Gasteiger partial charge in [-0.2, -0.15) is 0 Å². The predicted molar refractivity (Wildman–Crippen MR) is 117 cm³/mol. The summed E-state index contributed by atoms with van der Waals surface area (Å²) in [6.45, 7) is 0.593. The maximum absolute atomic E-state index is 9.46. The van der Waals surface area contributed by atoms with E-state index < -0.39 is 0 Å². The largest absolute Gasteiger partial charge is 0.508 e. The Labute approximate surface area is 174 Å². The summed E-state index contributed by atoms with van der Waals surface area (Å²) in [6.07, 6.45) is 1.74. The molecule has 0 amide bonds. The van der Waals surface area contributed by atoms with Crippen LogP contribution in [0.1, 0.15) is 5.56 Å². The summed E-state index contributed by atoms with van der Waals surface area (Å²) in [5, 5.41) is 15.9. The van der Waals surface area contributed by atoms with Crippen LogP contribution in [0.2, 0.25) is 0 Å². The lowest BCUT2D eigenvalue weighted by molar-refractivity contribution is 0.354. The normalized spacial score (nSPS) is 10.8. The van der Waals surface area contributed by atoms with Gasteiger partial charge in [-0.05, 0) is 42.0 Å². The van der Waals surface area contributed by atoms with Crippen molar-refractivity contribution in [3.63, 3.8) is 0 Å². The number of nitrogens with zero attached hydrogens (tertiary/aromatic N) is 3. The summed E-state index contributed by atoms with van der Waals surface area (Å²) < 4.78 is 12.8. The molecule has 0 unspecified atom stereocenters. The minimum absolute atomic E-state index is 0.218. The van der Waals surface area contributed by atoms with E-state index in [4.69, 9.17) is 9.47 Å². The van der Waals surface area contributed by atoms with Crippen LogP contribution in [0, 0.1) is 0 Å². The number of fused-ring (bicyclic) bond motifs is 1. The predicted octanol–water partition coefficient (Wildman–Crippen LogP) is 3.99. The lowest BCUT2D eigenvalue weighted by Crippen LogP contribution is -2.05. The van der Waals surface area contributed by atoms with E-state index in [1.165, 1.54) is 0 Å². The second kappa shape index (κ2) is 8.20. The first-order valence-corrected chi connectivity index (χ1v) is 9.42. The summed E-state index contributed by atoms with van der Waals surface area (Å²) in [5.41, 5.74) is 3.61. The molecular formula is C22H23N5O3. The SMILES string of the molecule is CNc1nc2cnc(Nc3ccc(O)cc3)cc2n1Cc1ccc(OC)c(OC)c1. The summed E-state index contributed by atoms with van der Waals surface area (Å²) in [7, 11) is 5.09. The molecule has 0 fully saturated rings. The molecule has 0 saturated carbocycles. The Morgan fingerprint density at radius 1 is 1.00 bits per heavy atom. The van der Waals surface area contributed by atoms with Crippen molar-refractivity contribution in [2.45, 2.75) is 6.54 Å². The standard InChI is InChI=1S/C22H23N5O3/c1-23-22-26-17-12-24-21(25-15-5-7-16(28)8-6-15)11-18(17)27(22)13-14-4-9-19(29-2)20(10-14)30-3/h4-12,28H,13H2,1-3H3,(H,23,26)(H,24,25). The third kappa shape index (κ3) is 3.80. The molecule has 0 aliphatic rings. The Kier molecular flexibility index (Phi) is 5.30. The molecule has 4 rings (SSSR count). The number of benzene rings is 2.